The van der Waals surface area contributed by atoms with E-state index in [1.165, 1.54) is 0 Å². The van der Waals surface area contributed by atoms with Crippen molar-refractivity contribution in [2.75, 3.05) is 13.2 Å². The molecule has 5 heteroatoms. The lowest BCUT2D eigenvalue weighted by atomic mass is 10.2. The molecule has 0 radical (unpaired) electrons. The number of nitrogens with zero attached hydrogens (tertiary/aromatic N) is 1. The van der Waals surface area contributed by atoms with Gasteiger partial charge in [0, 0.05) is 25.4 Å². The van der Waals surface area contributed by atoms with E-state index in [2.05, 4.69) is 15.3 Å². The molecule has 0 atom stereocenters. The van der Waals surface area contributed by atoms with Crippen LogP contribution in [0.3, 0.4) is 0 Å². The van der Waals surface area contributed by atoms with Gasteiger partial charge >= 0.3 is 0 Å². The van der Waals surface area contributed by atoms with Crippen LogP contribution < -0.4 is 10.1 Å². The van der Waals surface area contributed by atoms with E-state index in [0.29, 0.717) is 6.54 Å². The third-order valence-electron chi connectivity index (χ3n) is 2.92. The zero-order chi connectivity index (χ0) is 14.2. The highest BCUT2D eigenvalue weighted by atomic mass is 16.5. The number of hydrogen-bond acceptors (Lipinski definition) is 3. The zero-order valence-electron chi connectivity index (χ0n) is 11.6. The molecule has 0 saturated heterocycles. The van der Waals surface area contributed by atoms with Crippen LogP contribution in [0.1, 0.15) is 17.8 Å². The summed E-state index contributed by atoms with van der Waals surface area (Å²) in [5.74, 6) is 1.58. The molecule has 20 heavy (non-hydrogen) atoms. The fraction of sp³-hybridized carbons (Fsp3) is 0.333. The minimum atomic E-state index is -0.104. The summed E-state index contributed by atoms with van der Waals surface area (Å²) in [6.07, 6.45) is 5.20. The van der Waals surface area contributed by atoms with E-state index in [9.17, 15) is 4.79 Å². The number of rotatable bonds is 7. The number of nitrogens with one attached hydrogen (secondary N) is 2. The van der Waals surface area contributed by atoms with E-state index in [-0.39, 0.29) is 12.5 Å². The molecule has 1 amide bonds. The molecule has 0 unspecified atom stereocenters. The van der Waals surface area contributed by atoms with Gasteiger partial charge in [0.2, 0.25) is 0 Å². The monoisotopic (exact) mass is 273 g/mol. The Bertz CT molecular complexity index is 538. The van der Waals surface area contributed by atoms with Crippen molar-refractivity contribution in [3.8, 4) is 5.75 Å². The number of carbonyl (C=O) groups excluding carboxylic acids is 1. The number of aryl methyl sites for hydroxylation is 2. The summed E-state index contributed by atoms with van der Waals surface area (Å²) in [6, 6.07) is 7.65. The summed E-state index contributed by atoms with van der Waals surface area (Å²) in [6.45, 7) is 2.62. The van der Waals surface area contributed by atoms with Crippen molar-refractivity contribution in [1.82, 2.24) is 15.3 Å². The average Bonchev–Trinajstić information content (AvgIpc) is 2.96. The van der Waals surface area contributed by atoms with Gasteiger partial charge in [-0.2, -0.15) is 0 Å². The molecular weight excluding hydrogens is 254 g/mol. The Labute approximate surface area is 118 Å². The Morgan fingerprint density at radius 1 is 1.40 bits per heavy atom. The number of aromatic nitrogens is 2. The fourth-order valence-corrected chi connectivity index (χ4v) is 1.83. The van der Waals surface area contributed by atoms with Crippen LogP contribution in [0.5, 0.6) is 5.75 Å². The van der Waals surface area contributed by atoms with Gasteiger partial charge in [-0.05, 0) is 25.0 Å². The summed E-state index contributed by atoms with van der Waals surface area (Å²) in [7, 11) is 0. The number of ether oxygens (including phenoxy) is 1. The third-order valence-corrected chi connectivity index (χ3v) is 2.92. The first kappa shape index (κ1) is 14.1. The molecule has 1 aromatic heterocycles. The fourth-order valence-electron chi connectivity index (χ4n) is 1.83. The van der Waals surface area contributed by atoms with Gasteiger partial charge in [-0.1, -0.05) is 18.2 Å². The molecule has 2 rings (SSSR count). The van der Waals surface area contributed by atoms with E-state index in [1.807, 2.05) is 31.2 Å². The van der Waals surface area contributed by atoms with Crippen molar-refractivity contribution in [2.24, 2.45) is 0 Å². The maximum atomic E-state index is 11.6. The van der Waals surface area contributed by atoms with E-state index in [0.717, 1.165) is 30.0 Å². The summed E-state index contributed by atoms with van der Waals surface area (Å²) in [5, 5.41) is 2.83. The predicted octanol–water partition coefficient (Wildman–Crippen LogP) is 1.85. The van der Waals surface area contributed by atoms with Crippen LogP contribution in [-0.2, 0) is 11.2 Å². The molecule has 0 saturated carbocycles. The molecular formula is C15H19N3O2. The van der Waals surface area contributed by atoms with Gasteiger partial charge in [-0.3, -0.25) is 4.79 Å². The van der Waals surface area contributed by atoms with Gasteiger partial charge in [-0.15, -0.1) is 0 Å². The molecule has 106 valence electrons. The highest BCUT2D eigenvalue weighted by Gasteiger charge is 2.04. The van der Waals surface area contributed by atoms with Crippen molar-refractivity contribution in [3.05, 3.63) is 48.0 Å². The van der Waals surface area contributed by atoms with Crippen molar-refractivity contribution in [1.29, 1.82) is 0 Å². The lowest BCUT2D eigenvalue weighted by molar-refractivity contribution is -0.123. The van der Waals surface area contributed by atoms with Gasteiger partial charge in [0.1, 0.15) is 11.6 Å². The standard InChI is InChI=1S/C15H19N3O2/c1-12-5-2-3-6-13(12)20-11-15(19)18-8-4-7-14-16-9-10-17-14/h2-3,5-6,9-10H,4,7-8,11H2,1H3,(H,16,17)(H,18,19). The number of para-hydroxylation sites is 1. The number of aromatic amines is 1. The van der Waals surface area contributed by atoms with Crippen molar-refractivity contribution in [3.63, 3.8) is 0 Å². The minimum Gasteiger partial charge on any atom is -0.484 e. The number of H-pyrrole nitrogens is 1. The van der Waals surface area contributed by atoms with Crippen LogP contribution in [0.15, 0.2) is 36.7 Å². The van der Waals surface area contributed by atoms with Gasteiger partial charge in [0.05, 0.1) is 0 Å². The Hall–Kier alpha value is -2.30. The lowest BCUT2D eigenvalue weighted by Gasteiger charge is -2.09. The van der Waals surface area contributed by atoms with Gasteiger partial charge in [0.15, 0.2) is 6.61 Å². The predicted molar refractivity (Wildman–Crippen MR) is 76.6 cm³/mol. The molecule has 0 aliphatic heterocycles. The highest BCUT2D eigenvalue weighted by molar-refractivity contribution is 5.77. The van der Waals surface area contributed by atoms with Crippen LogP contribution in [-0.4, -0.2) is 29.0 Å². The molecule has 0 aliphatic rings. The maximum Gasteiger partial charge on any atom is 0.257 e. The SMILES string of the molecule is Cc1ccccc1OCC(=O)NCCCc1ncc[nH]1. The van der Waals surface area contributed by atoms with Crippen molar-refractivity contribution >= 4 is 5.91 Å². The second kappa shape index (κ2) is 7.33. The van der Waals surface area contributed by atoms with Crippen LogP contribution >= 0.6 is 0 Å². The van der Waals surface area contributed by atoms with Gasteiger partial charge in [-0.25, -0.2) is 4.98 Å². The smallest absolute Gasteiger partial charge is 0.257 e. The number of imidazole rings is 1. The van der Waals surface area contributed by atoms with Crippen LogP contribution in [0.2, 0.25) is 0 Å². The normalized spacial score (nSPS) is 10.2. The first-order chi connectivity index (χ1) is 9.75. The highest BCUT2D eigenvalue weighted by Crippen LogP contribution is 2.15. The largest absolute Gasteiger partial charge is 0.484 e. The minimum absolute atomic E-state index is 0.0472. The summed E-state index contributed by atoms with van der Waals surface area (Å²) < 4.78 is 5.47. The summed E-state index contributed by atoms with van der Waals surface area (Å²) in [5.41, 5.74) is 1.03. The molecule has 1 aromatic carbocycles. The molecule has 0 spiro atoms. The third kappa shape index (κ3) is 4.42. The lowest BCUT2D eigenvalue weighted by Crippen LogP contribution is -2.30. The molecule has 0 bridgehead atoms. The Morgan fingerprint density at radius 2 is 2.25 bits per heavy atom. The maximum absolute atomic E-state index is 11.6. The molecule has 2 N–H and O–H groups in total. The molecule has 0 aliphatic carbocycles. The summed E-state index contributed by atoms with van der Waals surface area (Å²) >= 11 is 0. The molecule has 1 heterocycles. The quantitative estimate of drug-likeness (QED) is 0.756. The Balaban J connectivity index is 1.62. The van der Waals surface area contributed by atoms with Gasteiger partial charge < -0.3 is 15.0 Å². The summed E-state index contributed by atoms with van der Waals surface area (Å²) in [4.78, 5) is 18.8. The van der Waals surface area contributed by atoms with Crippen LogP contribution in [0, 0.1) is 6.92 Å². The zero-order valence-corrected chi connectivity index (χ0v) is 11.6. The number of amides is 1. The molecule has 0 fully saturated rings. The first-order valence-electron chi connectivity index (χ1n) is 6.69. The van der Waals surface area contributed by atoms with E-state index in [1.54, 1.807) is 12.4 Å². The Kier molecular flexibility index (Phi) is 5.17. The number of carbonyl (C=O) groups is 1. The van der Waals surface area contributed by atoms with Gasteiger partial charge in [0.25, 0.3) is 5.91 Å². The molecule has 2 aromatic rings. The number of benzene rings is 1. The molecule has 5 nitrogen and oxygen atoms in total. The van der Waals surface area contributed by atoms with E-state index < -0.39 is 0 Å². The first-order valence-corrected chi connectivity index (χ1v) is 6.69. The van der Waals surface area contributed by atoms with Crippen molar-refractivity contribution < 1.29 is 9.53 Å². The average molecular weight is 273 g/mol. The second-order valence-corrected chi connectivity index (χ2v) is 4.54. The van der Waals surface area contributed by atoms with E-state index >= 15 is 0 Å². The van der Waals surface area contributed by atoms with Crippen LogP contribution in [0.25, 0.3) is 0 Å². The van der Waals surface area contributed by atoms with Crippen LogP contribution in [0.4, 0.5) is 0 Å². The Morgan fingerprint density at radius 3 is 3.00 bits per heavy atom. The van der Waals surface area contributed by atoms with E-state index in [4.69, 9.17) is 4.74 Å². The number of hydrogen-bond donors (Lipinski definition) is 2. The van der Waals surface area contributed by atoms with Crippen molar-refractivity contribution in [2.45, 2.75) is 19.8 Å². The topological polar surface area (TPSA) is 67.0 Å². The second-order valence-electron chi connectivity index (χ2n) is 4.54.